The normalized spacial score (nSPS) is 9.06. The smallest absolute Gasteiger partial charge is 0.317 e. The number of esters is 1. The molecule has 0 spiro atoms. The van der Waals surface area contributed by atoms with Crippen molar-refractivity contribution in [1.29, 1.82) is 0 Å². The molecule has 1 rings (SSSR count). The second-order valence-corrected chi connectivity index (χ2v) is 3.30. The molecule has 0 aliphatic heterocycles. The van der Waals surface area contributed by atoms with Gasteiger partial charge >= 0.3 is 5.97 Å². The molecular formula is C13H13NO3. The van der Waals surface area contributed by atoms with Crippen LogP contribution in [0.4, 0.5) is 0 Å². The van der Waals surface area contributed by atoms with Crippen LogP contribution in [0.25, 0.3) is 0 Å². The summed E-state index contributed by atoms with van der Waals surface area (Å²) >= 11 is 0. The monoisotopic (exact) mass is 231 g/mol. The highest BCUT2D eigenvalue weighted by Crippen LogP contribution is 2.02. The predicted molar refractivity (Wildman–Crippen MR) is 62.4 cm³/mol. The maximum Gasteiger partial charge on any atom is 0.317 e. The number of nitrogens with zero attached hydrogens (tertiary/aromatic N) is 1. The van der Waals surface area contributed by atoms with Gasteiger partial charge < -0.3 is 4.74 Å². The van der Waals surface area contributed by atoms with E-state index in [9.17, 15) is 9.59 Å². The SMILES string of the molecule is CCOC(=O)CC#Cc1cncc(C(C)=O)c1. The highest BCUT2D eigenvalue weighted by molar-refractivity contribution is 5.94. The van der Waals surface area contributed by atoms with Gasteiger partial charge in [-0.2, -0.15) is 0 Å². The second kappa shape index (κ2) is 6.44. The Bertz CT molecular complexity index is 483. The Kier molecular flexibility index (Phi) is 4.89. The maximum absolute atomic E-state index is 11.1. The summed E-state index contributed by atoms with van der Waals surface area (Å²) in [6.07, 6.45) is 3.07. The summed E-state index contributed by atoms with van der Waals surface area (Å²) in [6, 6.07) is 1.65. The van der Waals surface area contributed by atoms with Gasteiger partial charge in [-0.15, -0.1) is 0 Å². The molecule has 0 atom stereocenters. The van der Waals surface area contributed by atoms with Crippen molar-refractivity contribution in [3.8, 4) is 11.8 Å². The van der Waals surface area contributed by atoms with Crippen LogP contribution in [0.3, 0.4) is 0 Å². The minimum Gasteiger partial charge on any atom is -0.465 e. The Morgan fingerprint density at radius 1 is 1.41 bits per heavy atom. The first-order valence-corrected chi connectivity index (χ1v) is 5.24. The molecule has 0 saturated carbocycles. The van der Waals surface area contributed by atoms with Crippen LogP contribution in [-0.2, 0) is 9.53 Å². The molecular weight excluding hydrogens is 218 g/mol. The fourth-order valence-corrected chi connectivity index (χ4v) is 1.13. The number of carbonyl (C=O) groups is 2. The van der Waals surface area contributed by atoms with Gasteiger partial charge in [0.05, 0.1) is 6.61 Å². The van der Waals surface area contributed by atoms with Gasteiger partial charge in [0.15, 0.2) is 5.78 Å². The Balaban J connectivity index is 2.69. The molecule has 0 fully saturated rings. The first-order valence-electron chi connectivity index (χ1n) is 5.24. The Hall–Kier alpha value is -2.15. The molecule has 0 bridgehead atoms. The summed E-state index contributed by atoms with van der Waals surface area (Å²) in [4.78, 5) is 26.0. The van der Waals surface area contributed by atoms with Gasteiger partial charge in [0, 0.05) is 23.5 Å². The number of Topliss-reactive ketones (excluding diaryl/α,β-unsaturated/α-hetero) is 1. The van der Waals surface area contributed by atoms with E-state index >= 15 is 0 Å². The number of pyridine rings is 1. The van der Waals surface area contributed by atoms with Crippen molar-refractivity contribution in [2.75, 3.05) is 6.61 Å². The molecule has 0 aliphatic rings. The first-order chi connectivity index (χ1) is 8.13. The van der Waals surface area contributed by atoms with Gasteiger partial charge in [-0.3, -0.25) is 14.6 Å². The highest BCUT2D eigenvalue weighted by atomic mass is 16.5. The molecule has 4 nitrogen and oxygen atoms in total. The van der Waals surface area contributed by atoms with E-state index in [0.29, 0.717) is 17.7 Å². The third-order valence-electron chi connectivity index (χ3n) is 1.92. The van der Waals surface area contributed by atoms with E-state index in [1.54, 1.807) is 19.2 Å². The van der Waals surface area contributed by atoms with Gasteiger partial charge in [0.1, 0.15) is 6.42 Å². The lowest BCUT2D eigenvalue weighted by molar-refractivity contribution is -0.141. The highest BCUT2D eigenvalue weighted by Gasteiger charge is 2.00. The van der Waals surface area contributed by atoms with Gasteiger partial charge in [0.25, 0.3) is 0 Å². The summed E-state index contributed by atoms with van der Waals surface area (Å²) in [6.45, 7) is 3.56. The van der Waals surface area contributed by atoms with Gasteiger partial charge in [-0.1, -0.05) is 11.8 Å². The molecule has 1 aromatic rings. The topological polar surface area (TPSA) is 56.3 Å². The number of hydrogen-bond acceptors (Lipinski definition) is 4. The molecule has 0 aliphatic carbocycles. The van der Waals surface area contributed by atoms with Crippen LogP contribution in [0.15, 0.2) is 18.5 Å². The number of aromatic nitrogens is 1. The van der Waals surface area contributed by atoms with E-state index in [1.807, 2.05) is 0 Å². The second-order valence-electron chi connectivity index (χ2n) is 3.30. The van der Waals surface area contributed by atoms with Gasteiger partial charge in [0.2, 0.25) is 0 Å². The van der Waals surface area contributed by atoms with E-state index < -0.39 is 0 Å². The Morgan fingerprint density at radius 2 is 2.18 bits per heavy atom. The number of rotatable bonds is 3. The van der Waals surface area contributed by atoms with Gasteiger partial charge in [-0.25, -0.2) is 0 Å². The molecule has 0 N–H and O–H groups in total. The van der Waals surface area contributed by atoms with E-state index in [0.717, 1.165) is 0 Å². The average Bonchev–Trinajstić information content (AvgIpc) is 2.30. The maximum atomic E-state index is 11.1. The molecule has 17 heavy (non-hydrogen) atoms. The van der Waals surface area contributed by atoms with E-state index in [4.69, 9.17) is 4.74 Å². The third kappa shape index (κ3) is 4.47. The predicted octanol–water partition coefficient (Wildman–Crippen LogP) is 1.59. The fourth-order valence-electron chi connectivity index (χ4n) is 1.13. The standard InChI is InChI=1S/C13H13NO3/c1-3-17-13(16)6-4-5-11-7-12(10(2)15)9-14-8-11/h7-9H,3,6H2,1-2H3. The van der Waals surface area contributed by atoms with Crippen LogP contribution in [0.5, 0.6) is 0 Å². The van der Waals surface area contributed by atoms with E-state index in [-0.39, 0.29) is 18.2 Å². The fraction of sp³-hybridized carbons (Fsp3) is 0.308. The number of ketones is 1. The summed E-state index contributed by atoms with van der Waals surface area (Å²) in [5.74, 6) is 5.03. The van der Waals surface area contributed by atoms with Crippen LogP contribution in [0.2, 0.25) is 0 Å². The molecule has 0 aromatic carbocycles. The van der Waals surface area contributed by atoms with Crippen LogP contribution >= 0.6 is 0 Å². The Labute approximate surface area is 100 Å². The number of hydrogen-bond donors (Lipinski definition) is 0. The molecule has 1 heterocycles. The van der Waals surface area contributed by atoms with Crippen molar-refractivity contribution >= 4 is 11.8 Å². The summed E-state index contributed by atoms with van der Waals surface area (Å²) < 4.78 is 4.73. The van der Waals surface area contributed by atoms with E-state index in [2.05, 4.69) is 16.8 Å². The summed E-state index contributed by atoms with van der Waals surface area (Å²) in [7, 11) is 0. The summed E-state index contributed by atoms with van der Waals surface area (Å²) in [5, 5.41) is 0. The average molecular weight is 231 g/mol. The van der Waals surface area contributed by atoms with Crippen molar-refractivity contribution < 1.29 is 14.3 Å². The van der Waals surface area contributed by atoms with Crippen molar-refractivity contribution in [2.45, 2.75) is 20.3 Å². The molecule has 0 radical (unpaired) electrons. The molecule has 0 saturated heterocycles. The Morgan fingerprint density at radius 3 is 2.82 bits per heavy atom. The molecule has 88 valence electrons. The number of carbonyl (C=O) groups excluding carboxylic acids is 2. The van der Waals surface area contributed by atoms with E-state index in [1.165, 1.54) is 13.1 Å². The largest absolute Gasteiger partial charge is 0.465 e. The zero-order valence-corrected chi connectivity index (χ0v) is 9.82. The summed E-state index contributed by atoms with van der Waals surface area (Å²) in [5.41, 5.74) is 1.12. The minimum atomic E-state index is -0.351. The molecule has 1 aromatic heterocycles. The number of ether oxygens (including phenoxy) is 1. The minimum absolute atomic E-state index is 0.0398. The lowest BCUT2D eigenvalue weighted by Gasteiger charge is -1.96. The zero-order chi connectivity index (χ0) is 12.7. The zero-order valence-electron chi connectivity index (χ0n) is 9.82. The lowest BCUT2D eigenvalue weighted by Crippen LogP contribution is -2.01. The van der Waals surface area contributed by atoms with Gasteiger partial charge in [-0.05, 0) is 19.9 Å². The molecule has 0 amide bonds. The first kappa shape index (κ1) is 12.9. The molecule has 0 unspecified atom stereocenters. The van der Waals surface area contributed by atoms with Crippen molar-refractivity contribution in [2.24, 2.45) is 0 Å². The third-order valence-corrected chi connectivity index (χ3v) is 1.92. The van der Waals surface area contributed by atoms with Crippen molar-refractivity contribution in [3.63, 3.8) is 0 Å². The van der Waals surface area contributed by atoms with Crippen LogP contribution in [0, 0.1) is 11.8 Å². The van der Waals surface area contributed by atoms with Crippen LogP contribution < -0.4 is 0 Å². The lowest BCUT2D eigenvalue weighted by atomic mass is 10.1. The quantitative estimate of drug-likeness (QED) is 0.450. The van der Waals surface area contributed by atoms with Crippen LogP contribution in [-0.4, -0.2) is 23.3 Å². The van der Waals surface area contributed by atoms with Crippen molar-refractivity contribution in [1.82, 2.24) is 4.98 Å². The van der Waals surface area contributed by atoms with Crippen LogP contribution in [0.1, 0.15) is 36.2 Å². The molecule has 4 heteroatoms. The van der Waals surface area contributed by atoms with Crippen molar-refractivity contribution in [3.05, 3.63) is 29.6 Å².